The molecule has 1 fully saturated rings. The Bertz CT molecular complexity index is 1100. The predicted molar refractivity (Wildman–Crippen MR) is 127 cm³/mol. The first-order valence-electron chi connectivity index (χ1n) is 11.2. The van der Waals surface area contributed by atoms with Gasteiger partial charge in [-0.3, -0.25) is 9.88 Å². The van der Waals surface area contributed by atoms with Crippen LogP contribution in [0.1, 0.15) is 18.2 Å². The molecule has 0 amide bonds. The first-order chi connectivity index (χ1) is 15.2. The van der Waals surface area contributed by atoms with Gasteiger partial charge >= 0.3 is 0 Å². The molecular weight excluding hydrogens is 384 g/mol. The van der Waals surface area contributed by atoms with Crippen molar-refractivity contribution in [2.24, 2.45) is 0 Å². The number of aryl methyl sites for hydroxylation is 1. The molecule has 0 saturated carbocycles. The quantitative estimate of drug-likeness (QED) is 0.611. The zero-order chi connectivity index (χ0) is 21.2. The van der Waals surface area contributed by atoms with E-state index in [2.05, 4.69) is 83.1 Å². The van der Waals surface area contributed by atoms with Gasteiger partial charge < -0.3 is 14.5 Å². The zero-order valence-electron chi connectivity index (χ0n) is 18.4. The molecule has 31 heavy (non-hydrogen) atoms. The van der Waals surface area contributed by atoms with Crippen LogP contribution in [0.15, 0.2) is 67.1 Å². The number of rotatable bonds is 5. The van der Waals surface area contributed by atoms with Gasteiger partial charge in [0.25, 0.3) is 0 Å². The molecule has 0 spiro atoms. The lowest BCUT2D eigenvalue weighted by Gasteiger charge is -2.41. The summed E-state index contributed by atoms with van der Waals surface area (Å²) in [6.07, 6.45) is 4.81. The minimum absolute atomic E-state index is 0.514. The molecule has 0 aliphatic carbocycles. The molecule has 5 heteroatoms. The summed E-state index contributed by atoms with van der Waals surface area (Å²) in [5, 5.41) is 1.26. The molecule has 5 rings (SSSR count). The summed E-state index contributed by atoms with van der Waals surface area (Å²) in [7, 11) is 0. The van der Waals surface area contributed by atoms with Crippen molar-refractivity contribution in [3.8, 4) is 0 Å². The molecule has 2 aliphatic rings. The lowest BCUT2D eigenvalue weighted by molar-refractivity contribution is 0.192. The Kier molecular flexibility index (Phi) is 5.51. The molecule has 2 aliphatic heterocycles. The van der Waals surface area contributed by atoms with E-state index in [1.807, 2.05) is 6.20 Å². The van der Waals surface area contributed by atoms with Gasteiger partial charge in [0.1, 0.15) is 6.26 Å². The van der Waals surface area contributed by atoms with Gasteiger partial charge in [0.05, 0.1) is 5.52 Å². The zero-order valence-corrected chi connectivity index (χ0v) is 18.4. The van der Waals surface area contributed by atoms with Crippen molar-refractivity contribution < 1.29 is 4.74 Å². The highest BCUT2D eigenvalue weighted by Crippen LogP contribution is 2.28. The molecule has 0 radical (unpaired) electrons. The molecule has 3 heterocycles. The number of aromatic nitrogens is 1. The summed E-state index contributed by atoms with van der Waals surface area (Å²) < 4.78 is 5.33. The van der Waals surface area contributed by atoms with Crippen LogP contribution in [-0.2, 0) is 11.2 Å². The lowest BCUT2D eigenvalue weighted by atomic mass is 10.1. The number of nitrogens with zero attached hydrogens (tertiary/aromatic N) is 4. The van der Waals surface area contributed by atoms with Crippen molar-refractivity contribution in [1.29, 1.82) is 0 Å². The molecule has 3 aromatic rings. The molecular formula is C26H30N4O. The first kappa shape index (κ1) is 19.9. The molecule has 0 bridgehead atoms. The number of hydrogen-bond donors (Lipinski definition) is 0. The molecule has 1 atom stereocenters. The van der Waals surface area contributed by atoms with E-state index in [1.54, 1.807) is 6.26 Å². The summed E-state index contributed by atoms with van der Waals surface area (Å²) in [6, 6.07) is 20.1. The van der Waals surface area contributed by atoms with Gasteiger partial charge in [0.15, 0.2) is 6.73 Å². The lowest BCUT2D eigenvalue weighted by Crippen LogP contribution is -2.52. The second-order valence-electron chi connectivity index (χ2n) is 8.60. The molecule has 160 valence electrons. The van der Waals surface area contributed by atoms with Crippen molar-refractivity contribution in [3.05, 3.63) is 78.3 Å². The largest absolute Gasteiger partial charge is 0.479 e. The van der Waals surface area contributed by atoms with Crippen molar-refractivity contribution in [2.45, 2.75) is 26.3 Å². The smallest absolute Gasteiger partial charge is 0.164 e. The maximum absolute atomic E-state index is 5.33. The van der Waals surface area contributed by atoms with E-state index in [-0.39, 0.29) is 0 Å². The maximum atomic E-state index is 5.33. The molecule has 0 unspecified atom stereocenters. The Labute approximate surface area is 184 Å². The van der Waals surface area contributed by atoms with Crippen molar-refractivity contribution in [3.63, 3.8) is 0 Å². The number of fused-ring (bicyclic) bond motifs is 1. The van der Waals surface area contributed by atoms with E-state index >= 15 is 0 Å². The van der Waals surface area contributed by atoms with E-state index in [9.17, 15) is 0 Å². The third kappa shape index (κ3) is 4.23. The molecule has 1 saturated heterocycles. The van der Waals surface area contributed by atoms with Gasteiger partial charge in [-0.05, 0) is 62.2 Å². The molecule has 5 nitrogen and oxygen atoms in total. The highest BCUT2D eigenvalue weighted by molar-refractivity contribution is 5.92. The fourth-order valence-electron chi connectivity index (χ4n) is 4.67. The normalized spacial score (nSPS) is 19.2. The summed E-state index contributed by atoms with van der Waals surface area (Å²) in [5.41, 5.74) is 6.04. The van der Waals surface area contributed by atoms with Crippen molar-refractivity contribution in [2.75, 3.05) is 42.7 Å². The predicted octanol–water partition coefficient (Wildman–Crippen LogP) is 4.56. The second kappa shape index (κ2) is 8.60. The Hall–Kier alpha value is -3.05. The van der Waals surface area contributed by atoms with Crippen LogP contribution in [0.25, 0.3) is 10.9 Å². The Morgan fingerprint density at radius 1 is 1.06 bits per heavy atom. The SMILES string of the molecule is Cc1ccc2c(N3CCN(CCc4cccc(N5C=COC5)c4)[C@@H](C)C3)cccc2n1. The fourth-order valence-corrected chi connectivity index (χ4v) is 4.67. The number of hydrogen-bond acceptors (Lipinski definition) is 5. The monoisotopic (exact) mass is 414 g/mol. The molecule has 1 aromatic heterocycles. The number of ether oxygens (including phenoxy) is 1. The highest BCUT2D eigenvalue weighted by Gasteiger charge is 2.24. The third-order valence-electron chi connectivity index (χ3n) is 6.43. The molecule has 2 aromatic carbocycles. The summed E-state index contributed by atoms with van der Waals surface area (Å²) in [6.45, 7) is 9.27. The molecule has 0 N–H and O–H groups in total. The number of piperazine rings is 1. The minimum Gasteiger partial charge on any atom is -0.479 e. The van der Waals surface area contributed by atoms with Crippen LogP contribution in [-0.4, -0.2) is 48.8 Å². The van der Waals surface area contributed by atoms with Crippen LogP contribution >= 0.6 is 0 Å². The van der Waals surface area contributed by atoms with Gasteiger partial charge in [-0.1, -0.05) is 18.2 Å². The standard InChI is InChI=1S/C26H30N4O/c1-20-9-10-24-25(27-20)7-4-8-26(24)29-14-13-28(21(2)18-29)12-11-22-5-3-6-23(17-22)30-15-16-31-19-30/h3-10,15-17,21H,11-14,18-19H2,1-2H3/t21-/m0/s1. The highest BCUT2D eigenvalue weighted by atomic mass is 16.5. The maximum Gasteiger partial charge on any atom is 0.164 e. The van der Waals surface area contributed by atoms with Gasteiger partial charge in [0, 0.05) is 60.9 Å². The Balaban J connectivity index is 1.23. The Morgan fingerprint density at radius 2 is 1.97 bits per heavy atom. The van der Waals surface area contributed by atoms with E-state index in [1.165, 1.54) is 22.3 Å². The average Bonchev–Trinajstić information content (AvgIpc) is 3.33. The van der Waals surface area contributed by atoms with E-state index in [0.29, 0.717) is 12.8 Å². The average molecular weight is 415 g/mol. The van der Waals surface area contributed by atoms with Crippen molar-refractivity contribution in [1.82, 2.24) is 9.88 Å². The van der Waals surface area contributed by atoms with E-state index in [4.69, 9.17) is 9.72 Å². The minimum atomic E-state index is 0.514. The van der Waals surface area contributed by atoms with Crippen LogP contribution in [0.3, 0.4) is 0 Å². The van der Waals surface area contributed by atoms with Gasteiger partial charge in [-0.25, -0.2) is 0 Å². The number of anilines is 2. The van der Waals surface area contributed by atoms with Crippen LogP contribution in [0, 0.1) is 6.92 Å². The summed E-state index contributed by atoms with van der Waals surface area (Å²) >= 11 is 0. The van der Waals surface area contributed by atoms with Crippen LogP contribution < -0.4 is 9.80 Å². The second-order valence-corrected chi connectivity index (χ2v) is 8.60. The van der Waals surface area contributed by atoms with Crippen LogP contribution in [0.4, 0.5) is 11.4 Å². The number of benzene rings is 2. The fraction of sp³-hybridized carbons (Fsp3) is 0.346. The third-order valence-corrected chi connectivity index (χ3v) is 6.43. The topological polar surface area (TPSA) is 31.8 Å². The van der Waals surface area contributed by atoms with Gasteiger partial charge in [-0.2, -0.15) is 0 Å². The van der Waals surface area contributed by atoms with Gasteiger partial charge in [0.2, 0.25) is 0 Å². The Morgan fingerprint density at radius 3 is 2.81 bits per heavy atom. The van der Waals surface area contributed by atoms with Crippen LogP contribution in [0.2, 0.25) is 0 Å². The summed E-state index contributed by atoms with van der Waals surface area (Å²) in [5.74, 6) is 0. The first-order valence-corrected chi connectivity index (χ1v) is 11.2. The summed E-state index contributed by atoms with van der Waals surface area (Å²) in [4.78, 5) is 12.0. The van der Waals surface area contributed by atoms with E-state index < -0.39 is 0 Å². The van der Waals surface area contributed by atoms with E-state index in [0.717, 1.165) is 43.8 Å². The van der Waals surface area contributed by atoms with Crippen LogP contribution in [0.5, 0.6) is 0 Å². The van der Waals surface area contributed by atoms with Gasteiger partial charge in [-0.15, -0.1) is 0 Å². The number of pyridine rings is 1. The van der Waals surface area contributed by atoms with Crippen molar-refractivity contribution >= 4 is 22.3 Å².